The molecule has 2 rings (SSSR count). The summed E-state index contributed by atoms with van der Waals surface area (Å²) in [5.74, 6) is 0.00537. The maximum absolute atomic E-state index is 11.7. The lowest BCUT2D eigenvalue weighted by molar-refractivity contribution is -0.121. The normalized spacial score (nSPS) is 16.2. The average Bonchev–Trinajstić information content (AvgIpc) is 3.18. The Morgan fingerprint density at radius 2 is 2.05 bits per heavy atom. The highest BCUT2D eigenvalue weighted by atomic mass is 35.5. The van der Waals surface area contributed by atoms with Crippen molar-refractivity contribution in [3.8, 4) is 0 Å². The number of amides is 1. The Labute approximate surface area is 122 Å². The number of hydrogen-bond acceptors (Lipinski definition) is 2. The second-order valence-electron chi connectivity index (χ2n) is 5.18. The molecule has 0 aromatic heterocycles. The number of halogens is 2. The van der Waals surface area contributed by atoms with Crippen LogP contribution < -0.4 is 5.32 Å². The fourth-order valence-corrected chi connectivity index (χ4v) is 2.22. The van der Waals surface area contributed by atoms with Crippen molar-refractivity contribution in [1.29, 1.82) is 0 Å². The molecule has 1 aliphatic rings. The van der Waals surface area contributed by atoms with Gasteiger partial charge in [0, 0.05) is 18.4 Å². The van der Waals surface area contributed by atoms with E-state index in [0.29, 0.717) is 29.4 Å². The minimum absolute atomic E-state index is 0.00537. The summed E-state index contributed by atoms with van der Waals surface area (Å²) < 4.78 is 0. The number of benzene rings is 1. The summed E-state index contributed by atoms with van der Waals surface area (Å²) in [4.78, 5) is 11.7. The highest BCUT2D eigenvalue weighted by molar-refractivity contribution is 6.42. The molecule has 1 amide bonds. The summed E-state index contributed by atoms with van der Waals surface area (Å²) in [6, 6.07) is 5.40. The van der Waals surface area contributed by atoms with Crippen LogP contribution in [-0.4, -0.2) is 24.2 Å². The monoisotopic (exact) mass is 301 g/mol. The topological polar surface area (TPSA) is 49.3 Å². The summed E-state index contributed by atoms with van der Waals surface area (Å²) in [6.07, 6.45) is 3.04. The molecule has 0 atom stereocenters. The predicted octanol–water partition coefficient (Wildman–Crippen LogP) is 2.81. The number of carbonyl (C=O) groups is 1. The molecule has 0 heterocycles. The number of rotatable bonds is 6. The van der Waals surface area contributed by atoms with E-state index < -0.39 is 0 Å². The van der Waals surface area contributed by atoms with Gasteiger partial charge in [0.05, 0.1) is 16.7 Å². The number of aryl methyl sites for hydroxylation is 1. The van der Waals surface area contributed by atoms with E-state index in [1.165, 1.54) is 0 Å². The molecule has 2 N–H and O–H groups in total. The molecule has 1 saturated carbocycles. The minimum atomic E-state index is -0.0424. The van der Waals surface area contributed by atoms with Crippen LogP contribution in [0.4, 0.5) is 0 Å². The molecule has 0 radical (unpaired) electrons. The Hall–Kier alpha value is -0.770. The Morgan fingerprint density at radius 3 is 2.63 bits per heavy atom. The van der Waals surface area contributed by atoms with Gasteiger partial charge in [-0.3, -0.25) is 4.79 Å². The van der Waals surface area contributed by atoms with Gasteiger partial charge in [-0.1, -0.05) is 29.3 Å². The average molecular weight is 302 g/mol. The number of aliphatic hydroxyl groups is 1. The largest absolute Gasteiger partial charge is 0.396 e. The molecule has 19 heavy (non-hydrogen) atoms. The molecule has 3 nitrogen and oxygen atoms in total. The standard InChI is InChI=1S/C14H17Cl2NO2/c15-11-3-1-10(7-12(11)16)2-4-13(19)17-8-14(9-18)5-6-14/h1,3,7,18H,2,4-6,8-9H2,(H,17,19). The second kappa shape index (κ2) is 6.12. The van der Waals surface area contributed by atoms with Crippen molar-refractivity contribution in [3.63, 3.8) is 0 Å². The maximum atomic E-state index is 11.7. The smallest absolute Gasteiger partial charge is 0.220 e. The van der Waals surface area contributed by atoms with Crippen LogP contribution in [0.5, 0.6) is 0 Å². The van der Waals surface area contributed by atoms with Crippen molar-refractivity contribution in [2.75, 3.05) is 13.2 Å². The molecule has 1 aromatic rings. The van der Waals surface area contributed by atoms with E-state index in [1.807, 2.05) is 6.07 Å². The summed E-state index contributed by atoms with van der Waals surface area (Å²) in [7, 11) is 0. The van der Waals surface area contributed by atoms with Gasteiger partial charge < -0.3 is 10.4 Å². The zero-order chi connectivity index (χ0) is 13.9. The Balaban J connectivity index is 1.75. The third-order valence-electron chi connectivity index (χ3n) is 3.58. The van der Waals surface area contributed by atoms with Gasteiger partial charge in [-0.25, -0.2) is 0 Å². The summed E-state index contributed by atoms with van der Waals surface area (Å²) in [5.41, 5.74) is 0.951. The Morgan fingerprint density at radius 1 is 1.32 bits per heavy atom. The molecule has 0 unspecified atom stereocenters. The zero-order valence-electron chi connectivity index (χ0n) is 10.6. The fourth-order valence-electron chi connectivity index (χ4n) is 1.90. The Bertz CT molecular complexity index is 473. The lowest BCUT2D eigenvalue weighted by atomic mass is 10.1. The van der Waals surface area contributed by atoms with Gasteiger partial charge in [0.1, 0.15) is 0 Å². The molecule has 1 aliphatic carbocycles. The van der Waals surface area contributed by atoms with Crippen LogP contribution in [0.25, 0.3) is 0 Å². The van der Waals surface area contributed by atoms with E-state index in [4.69, 9.17) is 28.3 Å². The van der Waals surface area contributed by atoms with Crippen LogP contribution in [-0.2, 0) is 11.2 Å². The van der Waals surface area contributed by atoms with Crippen molar-refractivity contribution < 1.29 is 9.90 Å². The molecule has 0 aliphatic heterocycles. The third kappa shape index (κ3) is 4.10. The van der Waals surface area contributed by atoms with Crippen LogP contribution in [0.15, 0.2) is 18.2 Å². The molecule has 0 saturated heterocycles. The quantitative estimate of drug-likeness (QED) is 0.849. The number of hydrogen-bond donors (Lipinski definition) is 2. The van der Waals surface area contributed by atoms with Crippen molar-refractivity contribution in [2.24, 2.45) is 5.41 Å². The first-order valence-corrected chi connectivity index (χ1v) is 7.12. The fraction of sp³-hybridized carbons (Fsp3) is 0.500. The number of nitrogens with one attached hydrogen (secondary N) is 1. The van der Waals surface area contributed by atoms with E-state index in [2.05, 4.69) is 5.32 Å². The molecule has 1 aromatic carbocycles. The number of aliphatic hydroxyl groups excluding tert-OH is 1. The van der Waals surface area contributed by atoms with Crippen LogP contribution in [0.1, 0.15) is 24.8 Å². The van der Waals surface area contributed by atoms with Crippen LogP contribution in [0.2, 0.25) is 10.0 Å². The van der Waals surface area contributed by atoms with Crippen molar-refractivity contribution in [1.82, 2.24) is 5.32 Å². The molecule has 0 bridgehead atoms. The molecule has 104 valence electrons. The van der Waals surface area contributed by atoms with Gasteiger partial charge in [-0.2, -0.15) is 0 Å². The second-order valence-corrected chi connectivity index (χ2v) is 6.00. The lowest BCUT2D eigenvalue weighted by Gasteiger charge is -2.12. The van der Waals surface area contributed by atoms with Crippen molar-refractivity contribution >= 4 is 29.1 Å². The SMILES string of the molecule is O=C(CCc1ccc(Cl)c(Cl)c1)NCC1(CO)CC1. The van der Waals surface area contributed by atoms with Crippen LogP contribution in [0.3, 0.4) is 0 Å². The molecular weight excluding hydrogens is 285 g/mol. The molecule has 1 fully saturated rings. The minimum Gasteiger partial charge on any atom is -0.396 e. The highest BCUT2D eigenvalue weighted by Gasteiger charge is 2.41. The van der Waals surface area contributed by atoms with E-state index in [9.17, 15) is 4.79 Å². The van der Waals surface area contributed by atoms with Gasteiger partial charge in [0.15, 0.2) is 0 Å². The lowest BCUT2D eigenvalue weighted by Crippen LogP contribution is -2.31. The summed E-state index contributed by atoms with van der Waals surface area (Å²) in [6.45, 7) is 0.726. The number of carbonyl (C=O) groups excluding carboxylic acids is 1. The van der Waals surface area contributed by atoms with Crippen molar-refractivity contribution in [3.05, 3.63) is 33.8 Å². The van der Waals surface area contributed by atoms with Gasteiger partial charge in [-0.05, 0) is 37.0 Å². The Kier molecular flexibility index (Phi) is 4.71. The molecule has 0 spiro atoms. The molecule has 5 heteroatoms. The predicted molar refractivity (Wildman–Crippen MR) is 76.5 cm³/mol. The van der Waals surface area contributed by atoms with Gasteiger partial charge in [0.25, 0.3) is 0 Å². The van der Waals surface area contributed by atoms with E-state index in [0.717, 1.165) is 18.4 Å². The first-order chi connectivity index (χ1) is 9.04. The summed E-state index contributed by atoms with van der Waals surface area (Å²) >= 11 is 11.7. The highest BCUT2D eigenvalue weighted by Crippen LogP contribution is 2.44. The van der Waals surface area contributed by atoms with Gasteiger partial charge in [0.2, 0.25) is 5.91 Å². The zero-order valence-corrected chi connectivity index (χ0v) is 12.1. The van der Waals surface area contributed by atoms with Gasteiger partial charge >= 0.3 is 0 Å². The maximum Gasteiger partial charge on any atom is 0.220 e. The first-order valence-electron chi connectivity index (χ1n) is 6.36. The van der Waals surface area contributed by atoms with Gasteiger partial charge in [-0.15, -0.1) is 0 Å². The van der Waals surface area contributed by atoms with E-state index >= 15 is 0 Å². The van der Waals surface area contributed by atoms with Crippen molar-refractivity contribution in [2.45, 2.75) is 25.7 Å². The summed E-state index contributed by atoms with van der Waals surface area (Å²) in [5, 5.41) is 13.1. The third-order valence-corrected chi connectivity index (χ3v) is 4.32. The van der Waals surface area contributed by atoms with E-state index in [1.54, 1.807) is 12.1 Å². The van der Waals surface area contributed by atoms with Crippen LogP contribution in [0, 0.1) is 5.41 Å². The van der Waals surface area contributed by atoms with Crippen LogP contribution >= 0.6 is 23.2 Å². The molecular formula is C14H17Cl2NO2. The first kappa shape index (κ1) is 14.6. The van der Waals surface area contributed by atoms with E-state index in [-0.39, 0.29) is 17.9 Å².